The van der Waals surface area contributed by atoms with E-state index in [1.807, 2.05) is 51.1 Å². The third-order valence-electron chi connectivity index (χ3n) is 10.3. The molecule has 0 aliphatic heterocycles. The first-order valence-corrected chi connectivity index (χ1v) is 22.4. The summed E-state index contributed by atoms with van der Waals surface area (Å²) in [7, 11) is 0. The smallest absolute Gasteiger partial charge is 0.332 e. The highest BCUT2D eigenvalue weighted by molar-refractivity contribution is 6.31. The van der Waals surface area contributed by atoms with Gasteiger partial charge in [0.15, 0.2) is 22.3 Å². The fourth-order valence-corrected chi connectivity index (χ4v) is 7.57. The van der Waals surface area contributed by atoms with Crippen molar-refractivity contribution >= 4 is 57.1 Å². The number of ether oxygens (including phenoxy) is 1. The maximum atomic E-state index is 13.4. The second-order valence-corrected chi connectivity index (χ2v) is 16.4. The molecule has 2 aromatic carbocycles. The van der Waals surface area contributed by atoms with Gasteiger partial charge in [-0.25, -0.2) is 9.59 Å². The number of pyridine rings is 2. The number of aliphatic hydroxyl groups excluding tert-OH is 2. The van der Waals surface area contributed by atoms with Crippen molar-refractivity contribution in [2.24, 2.45) is 0 Å². The largest absolute Gasteiger partial charge is 0.506 e. The molecule has 0 radical (unpaired) electrons. The zero-order valence-corrected chi connectivity index (χ0v) is 39.4. The van der Waals surface area contributed by atoms with Crippen LogP contribution in [-0.4, -0.2) is 75.9 Å². The summed E-state index contributed by atoms with van der Waals surface area (Å²) in [5.74, 6) is 0.693. The van der Waals surface area contributed by atoms with Crippen molar-refractivity contribution < 1.29 is 20.1 Å². The molecule has 0 aliphatic carbocycles. The van der Waals surface area contributed by atoms with Gasteiger partial charge in [0.05, 0.1) is 25.5 Å². The molecule has 0 amide bonds. The van der Waals surface area contributed by atoms with E-state index in [-0.39, 0.29) is 78.6 Å². The van der Waals surface area contributed by atoms with Crippen LogP contribution in [0.5, 0.6) is 17.5 Å². The minimum atomic E-state index is -0.480. The maximum Gasteiger partial charge on any atom is 0.332 e. The lowest BCUT2D eigenvalue weighted by atomic mass is 10.2. The minimum absolute atomic E-state index is 0.105. The molecule has 6 heterocycles. The van der Waals surface area contributed by atoms with Crippen molar-refractivity contribution in [2.75, 3.05) is 13.2 Å². The summed E-state index contributed by atoms with van der Waals surface area (Å²) in [5.41, 5.74) is 2.82. The van der Waals surface area contributed by atoms with Crippen molar-refractivity contribution in [2.45, 2.75) is 79.8 Å². The van der Waals surface area contributed by atoms with E-state index in [9.17, 15) is 24.3 Å². The highest BCUT2D eigenvalue weighted by atomic mass is 35.5. The number of hydrogen-bond acceptors (Lipinski definition) is 12. The quantitative estimate of drug-likeness (QED) is 0.104. The molecule has 8 rings (SSSR count). The van der Waals surface area contributed by atoms with E-state index in [0.29, 0.717) is 41.8 Å². The van der Waals surface area contributed by atoms with Gasteiger partial charge in [0.2, 0.25) is 5.28 Å². The SMILES string of the molecule is CCn1c(=O)n(CCCO)c(=O)c2c1nc(Cl)n2Cc1ccc(Cl)cc1.CCn1c(=O)n(CCCO)c(=O)c2c1nc(Oc1cncc(C)c1)n2Cc1ccc(Cl)cc1.Cc1cncc(O)c1. The number of fused-ring (bicyclic) bond motifs is 2. The molecular formula is C46H49Cl3N10O8. The monoisotopic (exact) mass is 974 g/mol. The Morgan fingerprint density at radius 2 is 1.04 bits per heavy atom. The summed E-state index contributed by atoms with van der Waals surface area (Å²) in [6.45, 7) is 8.65. The van der Waals surface area contributed by atoms with Crippen LogP contribution in [0.1, 0.15) is 48.9 Å². The molecule has 18 nitrogen and oxygen atoms in total. The number of halogens is 3. The number of benzene rings is 2. The van der Waals surface area contributed by atoms with Gasteiger partial charge >= 0.3 is 17.4 Å². The molecule has 6 aromatic heterocycles. The number of hydrogen-bond donors (Lipinski definition) is 3. The number of aromatic nitrogens is 10. The third kappa shape index (κ3) is 11.7. The Bertz CT molecular complexity index is 3210. The Morgan fingerprint density at radius 1 is 0.582 bits per heavy atom. The van der Waals surface area contributed by atoms with E-state index in [2.05, 4.69) is 19.9 Å². The highest BCUT2D eigenvalue weighted by Gasteiger charge is 2.24. The van der Waals surface area contributed by atoms with Crippen LogP contribution in [0.3, 0.4) is 0 Å². The molecule has 21 heteroatoms. The Hall–Kier alpha value is -6.57. The first kappa shape index (κ1) is 49.9. The van der Waals surface area contributed by atoms with Crippen molar-refractivity contribution in [3.63, 3.8) is 0 Å². The summed E-state index contributed by atoms with van der Waals surface area (Å²) < 4.78 is 14.4. The van der Waals surface area contributed by atoms with Gasteiger partial charge in [0, 0.05) is 61.8 Å². The normalized spacial score (nSPS) is 11.1. The van der Waals surface area contributed by atoms with Crippen LogP contribution in [-0.2, 0) is 39.3 Å². The zero-order valence-electron chi connectivity index (χ0n) is 37.1. The maximum absolute atomic E-state index is 13.4. The lowest BCUT2D eigenvalue weighted by molar-refractivity contribution is 0.277. The van der Waals surface area contributed by atoms with Crippen LogP contribution in [0.15, 0.2) is 105 Å². The van der Waals surface area contributed by atoms with Crippen LogP contribution in [0, 0.1) is 13.8 Å². The van der Waals surface area contributed by atoms with Crippen molar-refractivity contribution in [3.8, 4) is 17.5 Å². The zero-order chi connectivity index (χ0) is 48.4. The molecule has 67 heavy (non-hydrogen) atoms. The molecule has 0 atom stereocenters. The molecule has 0 unspecified atom stereocenters. The summed E-state index contributed by atoms with van der Waals surface area (Å²) in [6, 6.07) is 18.1. The number of nitrogens with zero attached hydrogens (tertiary/aromatic N) is 10. The fraction of sp³-hybridized carbons (Fsp3) is 0.304. The average molecular weight is 976 g/mol. The van der Waals surface area contributed by atoms with Gasteiger partial charge in [-0.1, -0.05) is 47.5 Å². The number of aliphatic hydroxyl groups is 2. The molecule has 352 valence electrons. The Morgan fingerprint density at radius 3 is 1.49 bits per heavy atom. The van der Waals surface area contributed by atoms with Gasteiger partial charge in [-0.05, 0) is 111 Å². The fourth-order valence-electron chi connectivity index (χ4n) is 7.10. The van der Waals surface area contributed by atoms with Gasteiger partial charge in [0.25, 0.3) is 11.1 Å². The summed E-state index contributed by atoms with van der Waals surface area (Å²) in [5, 5.41) is 28.4. The predicted molar refractivity (Wildman–Crippen MR) is 257 cm³/mol. The minimum Gasteiger partial charge on any atom is -0.506 e. The Kier molecular flexibility index (Phi) is 16.9. The third-order valence-corrected chi connectivity index (χ3v) is 11.1. The van der Waals surface area contributed by atoms with E-state index in [0.717, 1.165) is 31.4 Å². The topological polar surface area (TPSA) is 219 Å². The first-order valence-electron chi connectivity index (χ1n) is 21.2. The number of imidazole rings is 2. The summed E-state index contributed by atoms with van der Waals surface area (Å²) >= 11 is 18.2. The Balaban J connectivity index is 0.000000193. The molecule has 3 N–H and O–H groups in total. The van der Waals surface area contributed by atoms with E-state index >= 15 is 0 Å². The molecule has 0 aliphatic rings. The molecule has 0 bridgehead atoms. The second-order valence-electron chi connectivity index (χ2n) is 15.2. The lowest BCUT2D eigenvalue weighted by Gasteiger charge is -2.12. The van der Waals surface area contributed by atoms with Crippen LogP contribution in [0.2, 0.25) is 15.3 Å². The number of aryl methyl sites for hydroxylation is 4. The van der Waals surface area contributed by atoms with Gasteiger partial charge in [-0.15, -0.1) is 0 Å². The number of rotatable bonds is 14. The van der Waals surface area contributed by atoms with E-state index in [1.165, 1.54) is 15.3 Å². The highest BCUT2D eigenvalue weighted by Crippen LogP contribution is 2.26. The predicted octanol–water partition coefficient (Wildman–Crippen LogP) is 6.17. The van der Waals surface area contributed by atoms with E-state index in [1.54, 1.807) is 65.0 Å². The lowest BCUT2D eigenvalue weighted by Crippen LogP contribution is -2.40. The van der Waals surface area contributed by atoms with Crippen LogP contribution < -0.4 is 27.2 Å². The van der Waals surface area contributed by atoms with Crippen LogP contribution in [0.25, 0.3) is 22.3 Å². The van der Waals surface area contributed by atoms with Gasteiger partial charge in [-0.2, -0.15) is 9.97 Å². The standard InChI is InChI=1S/C23H24ClN5O4.C17H18Cl2N4O3.C6H7NO/c1-3-27-20-19(21(31)28(23(27)32)9-4-10-30)29(14-16-5-7-17(24)8-6-16)22(26-20)33-18-11-15(2)12-25-13-18;1-2-21-14-13(15(25)22(17(21)26)8-3-9-24)23(16(19)20-14)10-11-4-6-12(18)7-5-11;1-5-2-6(8)4-7-3-5/h5-8,11-13,30H,3-4,9-10,14H2,1-2H3;4-7,24H,2-3,8-10H2,1H3;2-4,8H,1H3. The first-order chi connectivity index (χ1) is 32.2. The number of aromatic hydroxyl groups is 1. The van der Waals surface area contributed by atoms with Crippen molar-refractivity contribution in [1.82, 2.24) is 47.3 Å². The second kappa shape index (κ2) is 22.8. The molecular weight excluding hydrogens is 927 g/mol. The molecule has 0 fully saturated rings. The molecule has 8 aromatic rings. The Labute approximate surface area is 398 Å². The van der Waals surface area contributed by atoms with Gasteiger partial charge in [-0.3, -0.25) is 42.4 Å². The van der Waals surface area contributed by atoms with Crippen LogP contribution >= 0.6 is 34.8 Å². The van der Waals surface area contributed by atoms with E-state index < -0.39 is 22.5 Å². The van der Waals surface area contributed by atoms with Crippen molar-refractivity contribution in [3.05, 3.63) is 165 Å². The summed E-state index contributed by atoms with van der Waals surface area (Å²) in [4.78, 5) is 68.6. The summed E-state index contributed by atoms with van der Waals surface area (Å²) in [6.07, 6.45) is 6.97. The van der Waals surface area contributed by atoms with Gasteiger partial charge < -0.3 is 24.6 Å². The molecule has 0 saturated heterocycles. The van der Waals surface area contributed by atoms with Gasteiger partial charge in [0.1, 0.15) is 11.5 Å². The molecule has 0 spiro atoms. The van der Waals surface area contributed by atoms with Crippen molar-refractivity contribution in [1.29, 1.82) is 0 Å². The van der Waals surface area contributed by atoms with E-state index in [4.69, 9.17) is 49.8 Å². The average Bonchev–Trinajstić information content (AvgIpc) is 3.81. The van der Waals surface area contributed by atoms with Crippen LogP contribution in [0.4, 0.5) is 0 Å². The molecule has 0 saturated carbocycles.